The van der Waals surface area contributed by atoms with Crippen molar-refractivity contribution in [2.24, 2.45) is 0 Å². The summed E-state index contributed by atoms with van der Waals surface area (Å²) >= 11 is 0. The molecule has 0 saturated heterocycles. The molecule has 3 rings (SSSR count). The molecule has 0 spiro atoms. The topological polar surface area (TPSA) is 93.1 Å². The van der Waals surface area contributed by atoms with Gasteiger partial charge in [-0.05, 0) is 31.2 Å². The Hall–Kier alpha value is -2.71. The maximum atomic E-state index is 12.1. The van der Waals surface area contributed by atoms with E-state index in [1.54, 1.807) is 23.0 Å². The van der Waals surface area contributed by atoms with Crippen LogP contribution < -0.4 is 10.3 Å². The van der Waals surface area contributed by atoms with E-state index in [1.807, 2.05) is 31.2 Å². The number of imidazole rings is 1. The van der Waals surface area contributed by atoms with Crippen LogP contribution in [0.15, 0.2) is 59.8 Å². The molecule has 2 N–H and O–H groups in total. The van der Waals surface area contributed by atoms with Gasteiger partial charge in [0.05, 0.1) is 22.3 Å². The minimum atomic E-state index is -3.80. The minimum absolute atomic E-state index is 0.0447. The van der Waals surface area contributed by atoms with Gasteiger partial charge in [-0.3, -0.25) is 10.2 Å². The van der Waals surface area contributed by atoms with Gasteiger partial charge in [0.2, 0.25) is 0 Å². The third-order valence-corrected chi connectivity index (χ3v) is 4.76. The van der Waals surface area contributed by atoms with Crippen LogP contribution in [-0.2, 0) is 21.4 Å². The number of fused-ring (bicyclic) bond motifs is 1. The molecule has 0 atom stereocenters. The van der Waals surface area contributed by atoms with Gasteiger partial charge in [0.1, 0.15) is 6.54 Å². The van der Waals surface area contributed by atoms with Gasteiger partial charge in [0.15, 0.2) is 0 Å². The SMILES string of the molecule is Cc1ccc(S(=O)(=O)NNC(=O)Cn2cnc3ccccc32)cc1. The van der Waals surface area contributed by atoms with Crippen molar-refractivity contribution in [1.82, 2.24) is 19.8 Å². The number of amides is 1. The van der Waals surface area contributed by atoms with Crippen molar-refractivity contribution in [1.29, 1.82) is 0 Å². The Bertz CT molecular complexity index is 978. The monoisotopic (exact) mass is 344 g/mol. The summed E-state index contributed by atoms with van der Waals surface area (Å²) in [6.07, 6.45) is 1.54. The maximum Gasteiger partial charge on any atom is 0.257 e. The zero-order chi connectivity index (χ0) is 17.2. The number of nitrogens with one attached hydrogen (secondary N) is 2. The van der Waals surface area contributed by atoms with E-state index in [-0.39, 0.29) is 11.4 Å². The highest BCUT2D eigenvalue weighted by Gasteiger charge is 2.15. The highest BCUT2D eigenvalue weighted by molar-refractivity contribution is 7.89. The first-order chi connectivity index (χ1) is 11.5. The molecule has 0 radical (unpaired) electrons. The molecule has 8 heteroatoms. The number of carbonyl (C=O) groups excluding carboxylic acids is 1. The van der Waals surface area contributed by atoms with E-state index in [2.05, 4.69) is 15.2 Å². The van der Waals surface area contributed by atoms with Gasteiger partial charge in [0.25, 0.3) is 15.9 Å². The van der Waals surface area contributed by atoms with E-state index < -0.39 is 15.9 Å². The molecule has 0 aliphatic carbocycles. The van der Waals surface area contributed by atoms with Gasteiger partial charge in [-0.15, -0.1) is 4.83 Å². The predicted octanol–water partition coefficient (Wildman–Crippen LogP) is 1.35. The number of hydrogen-bond acceptors (Lipinski definition) is 4. The standard InChI is InChI=1S/C16H16N4O3S/c1-12-6-8-13(9-7-12)24(22,23)19-18-16(21)10-20-11-17-14-4-2-3-5-15(14)20/h2-9,11,19H,10H2,1H3,(H,18,21). The van der Waals surface area contributed by atoms with Crippen molar-refractivity contribution in [3.05, 3.63) is 60.4 Å². The number of rotatable bonds is 5. The lowest BCUT2D eigenvalue weighted by Crippen LogP contribution is -2.43. The number of hydrazine groups is 1. The summed E-state index contributed by atoms with van der Waals surface area (Å²) in [7, 11) is -3.80. The molecular formula is C16H16N4O3S. The number of hydrogen-bond donors (Lipinski definition) is 2. The molecule has 0 bridgehead atoms. The third kappa shape index (κ3) is 3.44. The molecule has 0 saturated carbocycles. The summed E-state index contributed by atoms with van der Waals surface area (Å²) in [5, 5.41) is 0. The van der Waals surface area contributed by atoms with Crippen molar-refractivity contribution in [3.8, 4) is 0 Å². The quantitative estimate of drug-likeness (QED) is 0.683. The first kappa shape index (κ1) is 16.2. The second-order valence-electron chi connectivity index (χ2n) is 5.33. The van der Waals surface area contributed by atoms with Crippen LogP contribution in [0.1, 0.15) is 5.56 Å². The zero-order valence-corrected chi connectivity index (χ0v) is 13.7. The molecule has 0 fully saturated rings. The molecule has 124 valence electrons. The van der Waals surface area contributed by atoms with Crippen molar-refractivity contribution in [3.63, 3.8) is 0 Å². The van der Waals surface area contributed by atoms with E-state index >= 15 is 0 Å². The highest BCUT2D eigenvalue weighted by Crippen LogP contribution is 2.11. The molecular weight excluding hydrogens is 328 g/mol. The first-order valence-electron chi connectivity index (χ1n) is 7.23. The van der Waals surface area contributed by atoms with Crippen LogP contribution in [0.3, 0.4) is 0 Å². The summed E-state index contributed by atoms with van der Waals surface area (Å²) in [6.45, 7) is 1.82. The predicted molar refractivity (Wildman–Crippen MR) is 89.4 cm³/mol. The van der Waals surface area contributed by atoms with E-state index in [4.69, 9.17) is 0 Å². The van der Waals surface area contributed by atoms with E-state index in [0.717, 1.165) is 16.6 Å². The zero-order valence-electron chi connectivity index (χ0n) is 12.9. The van der Waals surface area contributed by atoms with Gasteiger partial charge in [-0.1, -0.05) is 29.8 Å². The Morgan fingerprint density at radius 2 is 1.83 bits per heavy atom. The highest BCUT2D eigenvalue weighted by atomic mass is 32.2. The normalized spacial score (nSPS) is 11.5. The number of carbonyl (C=O) groups is 1. The van der Waals surface area contributed by atoms with E-state index in [9.17, 15) is 13.2 Å². The third-order valence-electron chi connectivity index (χ3n) is 3.50. The fourth-order valence-corrected chi connectivity index (χ4v) is 3.09. The fourth-order valence-electron chi connectivity index (χ4n) is 2.23. The molecule has 7 nitrogen and oxygen atoms in total. The molecule has 3 aromatic rings. The largest absolute Gasteiger partial charge is 0.321 e. The first-order valence-corrected chi connectivity index (χ1v) is 8.71. The van der Waals surface area contributed by atoms with Gasteiger partial charge in [0, 0.05) is 0 Å². The lowest BCUT2D eigenvalue weighted by Gasteiger charge is -2.09. The van der Waals surface area contributed by atoms with Crippen LogP contribution in [0.5, 0.6) is 0 Å². The maximum absolute atomic E-state index is 12.1. The number of benzene rings is 2. The van der Waals surface area contributed by atoms with Crippen molar-refractivity contribution >= 4 is 27.0 Å². The number of sulfonamides is 1. The summed E-state index contributed by atoms with van der Waals surface area (Å²) in [4.78, 5) is 18.4. The van der Waals surface area contributed by atoms with Crippen LogP contribution in [0.4, 0.5) is 0 Å². The number of aryl methyl sites for hydroxylation is 1. The number of aromatic nitrogens is 2. The van der Waals surface area contributed by atoms with Gasteiger partial charge in [-0.2, -0.15) is 0 Å². The average molecular weight is 344 g/mol. The molecule has 1 aromatic heterocycles. The molecule has 0 aliphatic heterocycles. The smallest absolute Gasteiger partial charge is 0.257 e. The summed E-state index contributed by atoms with van der Waals surface area (Å²) in [5.74, 6) is -0.492. The summed E-state index contributed by atoms with van der Waals surface area (Å²) < 4.78 is 25.9. The van der Waals surface area contributed by atoms with Crippen LogP contribution >= 0.6 is 0 Å². The Morgan fingerprint density at radius 3 is 2.58 bits per heavy atom. The van der Waals surface area contributed by atoms with Crippen molar-refractivity contribution < 1.29 is 13.2 Å². The van der Waals surface area contributed by atoms with Crippen molar-refractivity contribution in [2.75, 3.05) is 0 Å². The lowest BCUT2D eigenvalue weighted by atomic mass is 10.2. The number of nitrogens with zero attached hydrogens (tertiary/aromatic N) is 2. The van der Waals surface area contributed by atoms with E-state index in [0.29, 0.717) is 0 Å². The molecule has 0 aliphatic rings. The molecule has 0 unspecified atom stereocenters. The molecule has 2 aromatic carbocycles. The van der Waals surface area contributed by atoms with Crippen LogP contribution in [0.25, 0.3) is 11.0 Å². The fraction of sp³-hybridized carbons (Fsp3) is 0.125. The Balaban J connectivity index is 1.66. The van der Waals surface area contributed by atoms with Crippen LogP contribution in [0, 0.1) is 6.92 Å². The van der Waals surface area contributed by atoms with Gasteiger partial charge < -0.3 is 4.57 Å². The number of para-hydroxylation sites is 2. The molecule has 24 heavy (non-hydrogen) atoms. The molecule has 1 amide bonds. The Labute approximate surface area is 139 Å². The summed E-state index contributed by atoms with van der Waals surface area (Å²) in [5.41, 5.74) is 4.73. The average Bonchev–Trinajstić information content (AvgIpc) is 2.97. The van der Waals surface area contributed by atoms with Gasteiger partial charge >= 0.3 is 0 Å². The summed E-state index contributed by atoms with van der Waals surface area (Å²) in [6, 6.07) is 13.7. The Morgan fingerprint density at radius 1 is 1.12 bits per heavy atom. The minimum Gasteiger partial charge on any atom is -0.321 e. The van der Waals surface area contributed by atoms with Crippen LogP contribution in [0.2, 0.25) is 0 Å². The lowest BCUT2D eigenvalue weighted by molar-refractivity contribution is -0.122. The van der Waals surface area contributed by atoms with E-state index in [1.165, 1.54) is 12.1 Å². The Kier molecular flexibility index (Phi) is 4.32. The molecule has 1 heterocycles. The van der Waals surface area contributed by atoms with Crippen LogP contribution in [-0.4, -0.2) is 23.9 Å². The second-order valence-corrected chi connectivity index (χ2v) is 7.01. The second kappa shape index (κ2) is 6.42. The van der Waals surface area contributed by atoms with Crippen molar-refractivity contribution in [2.45, 2.75) is 18.4 Å². The van der Waals surface area contributed by atoms with Gasteiger partial charge in [-0.25, -0.2) is 13.4 Å².